The number of hydrogen-bond donors (Lipinski definition) is 0. The van der Waals surface area contributed by atoms with E-state index in [4.69, 9.17) is 0 Å². The van der Waals surface area contributed by atoms with Crippen LogP contribution in [0, 0.1) is 11.5 Å². The first kappa shape index (κ1) is 41.6. The van der Waals surface area contributed by atoms with Crippen LogP contribution in [0.15, 0.2) is 12.3 Å². The fourth-order valence-electron chi connectivity index (χ4n) is 1.17. The van der Waals surface area contributed by atoms with Gasteiger partial charge in [-0.1, -0.05) is 41.5 Å². The summed E-state index contributed by atoms with van der Waals surface area (Å²) < 4.78 is 0. The number of aromatic nitrogens is 1. The van der Waals surface area contributed by atoms with Crippen molar-refractivity contribution in [1.29, 1.82) is 0 Å². The van der Waals surface area contributed by atoms with Crippen molar-refractivity contribution in [3.8, 4) is 0 Å². The van der Waals surface area contributed by atoms with Gasteiger partial charge in [-0.2, -0.15) is 12.1 Å². The molecule has 5 nitrogen and oxygen atoms in total. The summed E-state index contributed by atoms with van der Waals surface area (Å²) in [5, 5.41) is 7.91. The monoisotopic (exact) mass is 451 g/mol. The Kier molecular flexibility index (Phi) is 27.4. The minimum atomic E-state index is -0.546. The van der Waals surface area contributed by atoms with Gasteiger partial charge in [-0.05, 0) is 17.8 Å². The second-order valence-corrected chi connectivity index (χ2v) is 6.58. The summed E-state index contributed by atoms with van der Waals surface area (Å²) in [6.07, 6.45) is 1.38. The molecule has 2 amide bonds. The predicted molar refractivity (Wildman–Crippen MR) is 95.3 cm³/mol. The predicted octanol–water partition coefficient (Wildman–Crippen LogP) is -6.36. The van der Waals surface area contributed by atoms with Crippen molar-refractivity contribution in [1.82, 2.24) is 4.98 Å². The second-order valence-electron chi connectivity index (χ2n) is 6.58. The molecule has 0 atom stereocenters. The second kappa shape index (κ2) is 17.1. The first-order chi connectivity index (χ1) is 8.99. The van der Waals surface area contributed by atoms with E-state index in [2.05, 4.69) is 21.7 Å². The minimum Gasteiger partial charge on any atom is -1.00 e. The summed E-state index contributed by atoms with van der Waals surface area (Å²) in [5.41, 5.74) is -0.493. The molecule has 0 aliphatic rings. The minimum absolute atomic E-state index is 0. The van der Waals surface area contributed by atoms with E-state index in [9.17, 15) is 9.59 Å². The molecule has 134 valence electrons. The third-order valence-corrected chi connectivity index (χ3v) is 2.19. The first-order valence-electron chi connectivity index (χ1n) is 6.40. The van der Waals surface area contributed by atoms with Crippen LogP contribution < -0.4 is 37.2 Å². The number of nitrogens with zero attached hydrogens (tertiary/aromatic N) is 3. The Hall–Kier alpha value is 1.26. The Morgan fingerprint density at radius 1 is 0.962 bits per heavy atom. The van der Waals surface area contributed by atoms with Gasteiger partial charge in [0, 0.05) is 5.41 Å². The van der Waals surface area contributed by atoms with E-state index < -0.39 is 16.9 Å². The first-order valence-corrected chi connectivity index (χ1v) is 6.40. The standard InChI is InChI=1S/C15H22N3O2.3ClH.3Mg/c1-14(2,3)13(20)17-10-7-8-11(16-9-10)12(19)18-15(4,5)6;;;;;;/h7,9H,1-6H3,(H2,17,18,19,20);3*1H;;;/q-1;;;;3*+2/p-5. The number of hydrogen-bond acceptors (Lipinski definition) is 3. The van der Waals surface area contributed by atoms with Crippen molar-refractivity contribution < 1.29 is 46.8 Å². The van der Waals surface area contributed by atoms with Crippen LogP contribution in [0.1, 0.15) is 52.0 Å². The van der Waals surface area contributed by atoms with Crippen molar-refractivity contribution in [2.24, 2.45) is 5.41 Å². The average molecular weight is 454 g/mol. The summed E-state index contributed by atoms with van der Waals surface area (Å²) in [6, 6.07) is 4.19. The molecule has 11 heteroatoms. The van der Waals surface area contributed by atoms with Gasteiger partial charge in [-0.15, -0.1) is 5.54 Å². The Morgan fingerprint density at radius 2 is 1.42 bits per heavy atom. The Balaban J connectivity index is -0.000000167. The molecule has 0 unspecified atom stereocenters. The molecule has 1 aromatic heterocycles. The van der Waals surface area contributed by atoms with Crippen molar-refractivity contribution in [2.75, 3.05) is 0 Å². The largest absolute Gasteiger partial charge is 2.00 e. The number of carbonyl (C=O) groups is 2. The summed E-state index contributed by atoms with van der Waals surface area (Å²) in [5.74, 6) is -0.669. The van der Waals surface area contributed by atoms with Crippen LogP contribution in [0.25, 0.3) is 10.6 Å². The van der Waals surface area contributed by atoms with Gasteiger partial charge in [0.1, 0.15) is 0 Å². The topological polar surface area (TPSA) is 75.2 Å². The number of halogens is 3. The van der Waals surface area contributed by atoms with Gasteiger partial charge in [0.05, 0.1) is 5.91 Å². The molecule has 1 rings (SSSR count). The molecule has 0 bridgehead atoms. The van der Waals surface area contributed by atoms with Crippen LogP contribution in [0.4, 0.5) is 5.69 Å². The quantitative estimate of drug-likeness (QED) is 0.330. The number of pyridine rings is 1. The van der Waals surface area contributed by atoms with E-state index in [1.165, 1.54) is 12.3 Å². The van der Waals surface area contributed by atoms with E-state index >= 15 is 0 Å². The van der Waals surface area contributed by atoms with Crippen LogP contribution in [0.5, 0.6) is 0 Å². The fraction of sp³-hybridized carbons (Fsp3) is 0.533. The van der Waals surface area contributed by atoms with Gasteiger partial charge in [-0.25, -0.2) is 5.69 Å². The molecule has 0 saturated carbocycles. The van der Waals surface area contributed by atoms with E-state index in [1.54, 1.807) is 20.8 Å². The van der Waals surface area contributed by atoms with Crippen molar-refractivity contribution >= 4 is 86.7 Å². The molecular formula is C15H20Cl3Mg3N3O2. The van der Waals surface area contributed by atoms with Crippen LogP contribution >= 0.6 is 0 Å². The maximum absolute atomic E-state index is 11.8. The fourth-order valence-corrected chi connectivity index (χ4v) is 1.17. The van der Waals surface area contributed by atoms with E-state index in [1.807, 2.05) is 20.8 Å². The van der Waals surface area contributed by atoms with Crippen LogP contribution in [0.3, 0.4) is 0 Å². The number of carbonyl (C=O) groups excluding carboxylic acids is 2. The average Bonchev–Trinajstić information content (AvgIpc) is 2.26. The number of amides is 2. The zero-order valence-electron chi connectivity index (χ0n) is 16.1. The molecule has 0 radical (unpaired) electrons. The summed E-state index contributed by atoms with van der Waals surface area (Å²) in [7, 11) is 0. The summed E-state index contributed by atoms with van der Waals surface area (Å²) in [6.45, 7) is 10.9. The van der Waals surface area contributed by atoms with Gasteiger partial charge >= 0.3 is 69.2 Å². The Bertz CT molecular complexity index is 520. The molecule has 0 aliphatic heterocycles. The molecule has 0 aromatic carbocycles. The van der Waals surface area contributed by atoms with Gasteiger partial charge in [0.15, 0.2) is 0 Å². The van der Waals surface area contributed by atoms with Crippen molar-refractivity contribution in [3.05, 3.63) is 34.7 Å². The molecule has 0 aliphatic carbocycles. The van der Waals surface area contributed by atoms with Gasteiger partial charge < -0.3 is 57.4 Å². The normalized spacial score (nSPS) is 9.15. The molecular weight excluding hydrogens is 433 g/mol. The Morgan fingerprint density at radius 3 is 1.73 bits per heavy atom. The molecule has 26 heavy (non-hydrogen) atoms. The number of rotatable bonds is 2. The van der Waals surface area contributed by atoms with Crippen LogP contribution in [0.2, 0.25) is 0 Å². The maximum atomic E-state index is 11.8. The molecule has 0 fully saturated rings. The Labute approximate surface area is 223 Å². The molecule has 0 N–H and O–H groups in total. The van der Waals surface area contributed by atoms with E-state index in [-0.39, 0.29) is 118 Å². The molecule has 1 heterocycles. The van der Waals surface area contributed by atoms with E-state index in [0.29, 0.717) is 5.69 Å². The van der Waals surface area contributed by atoms with Crippen LogP contribution in [-0.2, 0) is 4.79 Å². The van der Waals surface area contributed by atoms with Gasteiger partial charge in [-0.3, -0.25) is 4.98 Å². The third-order valence-electron chi connectivity index (χ3n) is 2.19. The summed E-state index contributed by atoms with van der Waals surface area (Å²) in [4.78, 5) is 27.5. The smallest absolute Gasteiger partial charge is 1.00 e. The van der Waals surface area contributed by atoms with E-state index in [0.717, 1.165) is 0 Å². The molecule has 0 saturated heterocycles. The zero-order valence-corrected chi connectivity index (χ0v) is 22.6. The molecule has 1 aromatic rings. The third kappa shape index (κ3) is 16.2. The van der Waals surface area contributed by atoms with Crippen LogP contribution in [-0.4, -0.2) is 91.5 Å². The molecule has 0 spiro atoms. The summed E-state index contributed by atoms with van der Waals surface area (Å²) >= 11 is 0. The van der Waals surface area contributed by atoms with Gasteiger partial charge in [0.2, 0.25) is 0 Å². The zero-order chi connectivity index (χ0) is 15.6. The van der Waals surface area contributed by atoms with Crippen molar-refractivity contribution in [3.63, 3.8) is 0 Å². The maximum Gasteiger partial charge on any atom is 2.00 e. The van der Waals surface area contributed by atoms with Gasteiger partial charge in [0.25, 0.3) is 0 Å². The van der Waals surface area contributed by atoms with Crippen molar-refractivity contribution in [2.45, 2.75) is 47.1 Å². The SMILES string of the molecule is CC(C)(C)[N-]C(=O)c1[c-]cc([N-]C(=O)C(C)(C)C)cn1.[Cl-].[Cl-].[Cl-].[Mg+2].[Mg+2].[Mg+2].